The first-order chi connectivity index (χ1) is 11.0. The van der Waals surface area contributed by atoms with E-state index in [-0.39, 0.29) is 11.2 Å². The summed E-state index contributed by atoms with van der Waals surface area (Å²) in [6.07, 6.45) is 5.61. The summed E-state index contributed by atoms with van der Waals surface area (Å²) < 4.78 is 32.2. The molecule has 1 aliphatic carbocycles. The molecule has 0 spiro atoms. The molecule has 0 unspecified atom stereocenters. The van der Waals surface area contributed by atoms with Crippen molar-refractivity contribution in [3.63, 3.8) is 0 Å². The standard InChI is InChI=1S/C17H24N2O3S/c1-3-4-9-23(20,21)19-12-17(7-8-17)15-11-18-16-6-5-13(22-2)10-14(15)16/h5-6,10-11,18-19H,3-4,7-9,12H2,1-2H3. The molecule has 0 radical (unpaired) electrons. The molecular formula is C17H24N2O3S. The summed E-state index contributed by atoms with van der Waals surface area (Å²) in [6, 6.07) is 5.95. The lowest BCUT2D eigenvalue weighted by atomic mass is 9.95. The van der Waals surface area contributed by atoms with Crippen molar-refractivity contribution in [3.05, 3.63) is 30.0 Å². The fourth-order valence-corrected chi connectivity index (χ4v) is 4.32. The number of rotatable bonds is 8. The molecule has 3 rings (SSSR count). The molecule has 0 bridgehead atoms. The van der Waals surface area contributed by atoms with Gasteiger partial charge in [-0.1, -0.05) is 13.3 Å². The Hall–Kier alpha value is -1.53. The quantitative estimate of drug-likeness (QED) is 0.778. The summed E-state index contributed by atoms with van der Waals surface area (Å²) in [5.74, 6) is 1.03. The Labute approximate surface area is 137 Å². The Morgan fingerprint density at radius 1 is 1.35 bits per heavy atom. The predicted molar refractivity (Wildman–Crippen MR) is 92.5 cm³/mol. The van der Waals surface area contributed by atoms with E-state index < -0.39 is 10.0 Å². The Morgan fingerprint density at radius 3 is 2.78 bits per heavy atom. The zero-order valence-corrected chi connectivity index (χ0v) is 14.5. The van der Waals surface area contributed by atoms with E-state index >= 15 is 0 Å². The SMILES string of the molecule is CCCCS(=O)(=O)NCC1(c2c[nH]c3ccc(OC)cc23)CC1. The fourth-order valence-electron chi connectivity index (χ4n) is 3.01. The zero-order valence-electron chi connectivity index (χ0n) is 13.7. The van der Waals surface area contributed by atoms with Crippen LogP contribution in [0.3, 0.4) is 0 Å². The smallest absolute Gasteiger partial charge is 0.211 e. The third kappa shape index (κ3) is 3.38. The molecule has 2 N–H and O–H groups in total. The van der Waals surface area contributed by atoms with Gasteiger partial charge in [0.05, 0.1) is 12.9 Å². The van der Waals surface area contributed by atoms with Crippen molar-refractivity contribution in [1.29, 1.82) is 0 Å². The number of fused-ring (bicyclic) bond motifs is 1. The molecule has 1 fully saturated rings. The minimum absolute atomic E-state index is 0.0795. The molecule has 0 aliphatic heterocycles. The van der Waals surface area contributed by atoms with Crippen molar-refractivity contribution in [2.75, 3.05) is 19.4 Å². The van der Waals surface area contributed by atoms with Gasteiger partial charge in [-0.15, -0.1) is 0 Å². The first-order valence-electron chi connectivity index (χ1n) is 8.13. The average molecular weight is 336 g/mol. The van der Waals surface area contributed by atoms with E-state index in [4.69, 9.17) is 4.74 Å². The van der Waals surface area contributed by atoms with Gasteiger partial charge in [0, 0.05) is 29.1 Å². The second-order valence-electron chi connectivity index (χ2n) is 6.39. The van der Waals surface area contributed by atoms with Gasteiger partial charge in [0.1, 0.15) is 5.75 Å². The number of aromatic amines is 1. The minimum Gasteiger partial charge on any atom is -0.497 e. The van der Waals surface area contributed by atoms with Crippen LogP contribution in [0.5, 0.6) is 5.75 Å². The number of methoxy groups -OCH3 is 1. The lowest BCUT2D eigenvalue weighted by Crippen LogP contribution is -2.33. The monoisotopic (exact) mass is 336 g/mol. The normalized spacial score (nSPS) is 16.6. The Morgan fingerprint density at radius 2 is 2.13 bits per heavy atom. The highest BCUT2D eigenvalue weighted by Gasteiger charge is 2.46. The Bertz CT molecular complexity index is 791. The van der Waals surface area contributed by atoms with Gasteiger partial charge >= 0.3 is 0 Å². The van der Waals surface area contributed by atoms with Gasteiger partial charge in [0.2, 0.25) is 10.0 Å². The third-order valence-electron chi connectivity index (χ3n) is 4.71. The lowest BCUT2D eigenvalue weighted by Gasteiger charge is -2.16. The van der Waals surface area contributed by atoms with E-state index in [1.54, 1.807) is 7.11 Å². The van der Waals surface area contributed by atoms with E-state index in [0.717, 1.165) is 35.9 Å². The van der Waals surface area contributed by atoms with Crippen LogP contribution in [0.25, 0.3) is 10.9 Å². The molecular weight excluding hydrogens is 312 g/mol. The number of hydrogen-bond donors (Lipinski definition) is 2. The summed E-state index contributed by atoms with van der Waals surface area (Å²) in [7, 11) is -1.52. The maximum absolute atomic E-state index is 12.1. The molecule has 5 nitrogen and oxygen atoms in total. The van der Waals surface area contributed by atoms with Crippen molar-refractivity contribution < 1.29 is 13.2 Å². The van der Waals surface area contributed by atoms with Crippen LogP contribution in [0, 0.1) is 0 Å². The number of H-pyrrole nitrogens is 1. The number of sulfonamides is 1. The third-order valence-corrected chi connectivity index (χ3v) is 6.12. The van der Waals surface area contributed by atoms with Crippen LogP contribution in [0.15, 0.2) is 24.4 Å². The molecule has 0 saturated heterocycles. The van der Waals surface area contributed by atoms with Gasteiger partial charge in [0.15, 0.2) is 0 Å². The van der Waals surface area contributed by atoms with E-state index in [1.165, 1.54) is 5.56 Å². The summed E-state index contributed by atoms with van der Waals surface area (Å²) in [4.78, 5) is 3.28. The molecule has 0 atom stereocenters. The van der Waals surface area contributed by atoms with E-state index in [2.05, 4.69) is 9.71 Å². The van der Waals surface area contributed by atoms with Crippen LogP contribution in [0.4, 0.5) is 0 Å². The van der Waals surface area contributed by atoms with Gasteiger partial charge in [-0.2, -0.15) is 0 Å². The molecule has 1 saturated carbocycles. The zero-order chi connectivity index (χ0) is 16.5. The van der Waals surface area contributed by atoms with Crippen LogP contribution in [0.1, 0.15) is 38.2 Å². The van der Waals surface area contributed by atoms with Crippen molar-refractivity contribution >= 4 is 20.9 Å². The Kier molecular flexibility index (Phi) is 4.38. The number of aromatic nitrogens is 1. The van der Waals surface area contributed by atoms with Gasteiger partial charge in [-0.05, 0) is 43.0 Å². The number of nitrogens with one attached hydrogen (secondary N) is 2. The summed E-state index contributed by atoms with van der Waals surface area (Å²) in [5.41, 5.74) is 2.16. The number of benzene rings is 1. The van der Waals surface area contributed by atoms with Crippen LogP contribution < -0.4 is 9.46 Å². The molecule has 0 amide bonds. The summed E-state index contributed by atoms with van der Waals surface area (Å²) in [6.45, 7) is 2.47. The van der Waals surface area contributed by atoms with E-state index in [1.807, 2.05) is 31.3 Å². The first-order valence-corrected chi connectivity index (χ1v) is 9.78. The van der Waals surface area contributed by atoms with Gasteiger partial charge in [-0.25, -0.2) is 13.1 Å². The van der Waals surface area contributed by atoms with E-state index in [9.17, 15) is 8.42 Å². The second kappa shape index (κ2) is 6.17. The van der Waals surface area contributed by atoms with Gasteiger partial charge in [-0.3, -0.25) is 0 Å². The number of hydrogen-bond acceptors (Lipinski definition) is 3. The highest BCUT2D eigenvalue weighted by molar-refractivity contribution is 7.89. The van der Waals surface area contributed by atoms with Crippen LogP contribution in [0.2, 0.25) is 0 Å². The van der Waals surface area contributed by atoms with Crippen LogP contribution in [-0.2, 0) is 15.4 Å². The van der Waals surface area contributed by atoms with Gasteiger partial charge < -0.3 is 9.72 Å². The molecule has 126 valence electrons. The fraction of sp³-hybridized carbons (Fsp3) is 0.529. The lowest BCUT2D eigenvalue weighted by molar-refractivity contribution is 0.415. The molecule has 1 heterocycles. The molecule has 1 aromatic carbocycles. The first kappa shape index (κ1) is 16.3. The molecule has 2 aromatic rings. The highest BCUT2D eigenvalue weighted by Crippen LogP contribution is 2.50. The Balaban J connectivity index is 1.81. The second-order valence-corrected chi connectivity index (χ2v) is 8.31. The van der Waals surface area contributed by atoms with Crippen molar-refractivity contribution in [2.45, 2.75) is 38.0 Å². The highest BCUT2D eigenvalue weighted by atomic mass is 32.2. The molecule has 23 heavy (non-hydrogen) atoms. The predicted octanol–water partition coefficient (Wildman–Crippen LogP) is 2.93. The van der Waals surface area contributed by atoms with Crippen molar-refractivity contribution in [1.82, 2.24) is 9.71 Å². The molecule has 1 aliphatic rings. The average Bonchev–Trinajstić information content (AvgIpc) is 3.22. The maximum atomic E-state index is 12.1. The van der Waals surface area contributed by atoms with E-state index in [0.29, 0.717) is 13.0 Å². The number of ether oxygens (including phenoxy) is 1. The molecule has 6 heteroatoms. The summed E-state index contributed by atoms with van der Waals surface area (Å²) >= 11 is 0. The van der Waals surface area contributed by atoms with Crippen molar-refractivity contribution in [2.24, 2.45) is 0 Å². The van der Waals surface area contributed by atoms with Gasteiger partial charge in [0.25, 0.3) is 0 Å². The summed E-state index contributed by atoms with van der Waals surface area (Å²) in [5, 5.41) is 1.12. The topological polar surface area (TPSA) is 71.2 Å². The van der Waals surface area contributed by atoms with Crippen molar-refractivity contribution in [3.8, 4) is 5.75 Å². The largest absolute Gasteiger partial charge is 0.497 e. The minimum atomic E-state index is -3.18. The molecule has 1 aromatic heterocycles. The number of unbranched alkanes of at least 4 members (excludes halogenated alkanes) is 1. The van der Waals surface area contributed by atoms with Crippen LogP contribution in [-0.4, -0.2) is 32.8 Å². The van der Waals surface area contributed by atoms with Crippen LogP contribution >= 0.6 is 0 Å². The maximum Gasteiger partial charge on any atom is 0.211 e.